The van der Waals surface area contributed by atoms with E-state index in [-0.39, 0.29) is 5.78 Å². The van der Waals surface area contributed by atoms with E-state index in [0.717, 1.165) is 22.2 Å². The third-order valence-electron chi connectivity index (χ3n) is 4.85. The molecule has 128 valence electrons. The van der Waals surface area contributed by atoms with Gasteiger partial charge in [0.1, 0.15) is 5.69 Å². The number of fused-ring (bicyclic) bond motifs is 1. The molecule has 6 heteroatoms. The lowest BCUT2D eigenvalue weighted by molar-refractivity contribution is -0.120. The van der Waals surface area contributed by atoms with Gasteiger partial charge in [-0.2, -0.15) is 0 Å². The van der Waals surface area contributed by atoms with Crippen molar-refractivity contribution in [1.29, 1.82) is 0 Å². The highest BCUT2D eigenvalue weighted by Gasteiger charge is 2.23. The molecule has 0 unspecified atom stereocenters. The summed E-state index contributed by atoms with van der Waals surface area (Å²) in [6.07, 6.45) is 10.6. The van der Waals surface area contributed by atoms with Gasteiger partial charge in [0.2, 0.25) is 0 Å². The molecule has 0 aromatic carbocycles. The molecule has 6 nitrogen and oxygen atoms in total. The molecule has 0 atom stereocenters. The van der Waals surface area contributed by atoms with Crippen LogP contribution in [-0.4, -0.2) is 45.3 Å². The van der Waals surface area contributed by atoms with E-state index in [0.29, 0.717) is 24.8 Å². The van der Waals surface area contributed by atoms with Crippen molar-refractivity contribution in [2.24, 2.45) is 0 Å². The van der Waals surface area contributed by atoms with E-state index >= 15 is 0 Å². The maximum atomic E-state index is 12.3. The lowest BCUT2D eigenvalue weighted by Gasteiger charge is -2.34. The van der Waals surface area contributed by atoms with Gasteiger partial charge in [-0.05, 0) is 37.4 Å². The van der Waals surface area contributed by atoms with Crippen LogP contribution in [0.3, 0.4) is 0 Å². The number of rotatable bonds is 6. The van der Waals surface area contributed by atoms with Gasteiger partial charge in [0.05, 0.1) is 19.2 Å². The first-order valence-electron chi connectivity index (χ1n) is 8.54. The van der Waals surface area contributed by atoms with Crippen molar-refractivity contribution < 1.29 is 9.21 Å². The zero-order valence-electron chi connectivity index (χ0n) is 14.2. The number of carbonyl (C=O) groups excluding carboxylic acids is 1. The number of oxazole rings is 1. The van der Waals surface area contributed by atoms with Gasteiger partial charge < -0.3 is 4.42 Å². The SMILES string of the molecule is CN(CC(=O)Cc1cc2cc(-c3cnco3)ncc2cn1)C1CCC1. The van der Waals surface area contributed by atoms with Crippen molar-refractivity contribution >= 4 is 16.6 Å². The van der Waals surface area contributed by atoms with E-state index in [4.69, 9.17) is 4.42 Å². The van der Waals surface area contributed by atoms with Crippen LogP contribution in [0.1, 0.15) is 25.0 Å². The fourth-order valence-corrected chi connectivity index (χ4v) is 3.15. The molecule has 4 rings (SSSR count). The summed E-state index contributed by atoms with van der Waals surface area (Å²) in [4.78, 5) is 27.2. The van der Waals surface area contributed by atoms with Gasteiger partial charge in [0.25, 0.3) is 0 Å². The van der Waals surface area contributed by atoms with Crippen molar-refractivity contribution in [2.45, 2.75) is 31.7 Å². The molecule has 1 fully saturated rings. The summed E-state index contributed by atoms with van der Waals surface area (Å²) in [5, 5.41) is 1.93. The van der Waals surface area contributed by atoms with Crippen molar-refractivity contribution in [2.75, 3.05) is 13.6 Å². The molecule has 3 heterocycles. The summed E-state index contributed by atoms with van der Waals surface area (Å²) in [5.74, 6) is 0.823. The lowest BCUT2D eigenvalue weighted by atomic mass is 9.91. The van der Waals surface area contributed by atoms with Gasteiger partial charge in [-0.1, -0.05) is 6.42 Å². The van der Waals surface area contributed by atoms with Gasteiger partial charge in [0.15, 0.2) is 17.9 Å². The predicted octanol–water partition coefficient (Wildman–Crippen LogP) is 2.88. The van der Waals surface area contributed by atoms with Crippen molar-refractivity contribution in [1.82, 2.24) is 19.9 Å². The van der Waals surface area contributed by atoms with Crippen LogP contribution in [0.15, 0.2) is 41.5 Å². The Morgan fingerprint density at radius 1 is 1.20 bits per heavy atom. The zero-order valence-corrected chi connectivity index (χ0v) is 14.2. The van der Waals surface area contributed by atoms with Gasteiger partial charge in [-0.15, -0.1) is 0 Å². The third-order valence-corrected chi connectivity index (χ3v) is 4.85. The van der Waals surface area contributed by atoms with Gasteiger partial charge in [-0.3, -0.25) is 19.7 Å². The Hall–Kier alpha value is -2.60. The number of pyridine rings is 2. The highest BCUT2D eigenvalue weighted by molar-refractivity contribution is 5.86. The summed E-state index contributed by atoms with van der Waals surface area (Å²) in [5.41, 5.74) is 1.51. The molecule has 0 spiro atoms. The van der Waals surface area contributed by atoms with Crippen LogP contribution in [0.25, 0.3) is 22.2 Å². The number of likely N-dealkylation sites (N-methyl/N-ethyl adjacent to an activating group) is 1. The molecular formula is C19H20N4O2. The Balaban J connectivity index is 1.50. The maximum absolute atomic E-state index is 12.3. The molecule has 3 aromatic heterocycles. The summed E-state index contributed by atoms with van der Waals surface area (Å²) >= 11 is 0. The quantitative estimate of drug-likeness (QED) is 0.689. The minimum absolute atomic E-state index is 0.200. The first kappa shape index (κ1) is 15.9. The van der Waals surface area contributed by atoms with Crippen LogP contribution in [0.2, 0.25) is 0 Å². The molecule has 0 aliphatic heterocycles. The fraction of sp³-hybridized carbons (Fsp3) is 0.368. The molecule has 0 radical (unpaired) electrons. The Morgan fingerprint density at radius 2 is 2.04 bits per heavy atom. The van der Waals surface area contributed by atoms with E-state index in [1.54, 1.807) is 18.6 Å². The van der Waals surface area contributed by atoms with E-state index in [1.165, 1.54) is 25.7 Å². The first-order chi connectivity index (χ1) is 12.2. The number of nitrogens with zero attached hydrogens (tertiary/aromatic N) is 4. The van der Waals surface area contributed by atoms with Crippen molar-refractivity contribution in [3.8, 4) is 11.5 Å². The van der Waals surface area contributed by atoms with E-state index < -0.39 is 0 Å². The van der Waals surface area contributed by atoms with E-state index in [1.807, 2.05) is 19.2 Å². The predicted molar refractivity (Wildman–Crippen MR) is 94.0 cm³/mol. The normalized spacial score (nSPS) is 14.8. The molecule has 1 saturated carbocycles. The van der Waals surface area contributed by atoms with Crippen LogP contribution >= 0.6 is 0 Å². The van der Waals surface area contributed by atoms with Gasteiger partial charge in [0, 0.05) is 29.5 Å². The standard InChI is InChI=1S/C19H20N4O2/c1-23(16-3-2-4-16)11-17(24)7-15-5-13-6-18(19-10-20-12-25-19)22-9-14(13)8-21-15/h5-6,8-10,12,16H,2-4,7,11H2,1H3. The van der Waals surface area contributed by atoms with Crippen LogP contribution in [-0.2, 0) is 11.2 Å². The number of carbonyl (C=O) groups is 1. The summed E-state index contributed by atoms with van der Waals surface area (Å²) in [6, 6.07) is 4.47. The highest BCUT2D eigenvalue weighted by Crippen LogP contribution is 2.24. The number of hydrogen-bond acceptors (Lipinski definition) is 6. The topological polar surface area (TPSA) is 72.1 Å². The smallest absolute Gasteiger partial charge is 0.181 e. The molecule has 0 bridgehead atoms. The number of aromatic nitrogens is 3. The molecular weight excluding hydrogens is 316 g/mol. The van der Waals surface area contributed by atoms with Crippen LogP contribution < -0.4 is 0 Å². The Bertz CT molecular complexity index is 888. The number of Topliss-reactive ketones (excluding diaryl/α,β-unsaturated/α-hetero) is 1. The Labute approximate surface area is 145 Å². The maximum Gasteiger partial charge on any atom is 0.181 e. The second-order valence-electron chi connectivity index (χ2n) is 6.67. The molecule has 0 saturated heterocycles. The van der Waals surface area contributed by atoms with E-state index in [2.05, 4.69) is 19.9 Å². The first-order valence-corrected chi connectivity index (χ1v) is 8.54. The van der Waals surface area contributed by atoms with Crippen LogP contribution in [0.5, 0.6) is 0 Å². The molecule has 0 N–H and O–H groups in total. The third kappa shape index (κ3) is 3.44. The van der Waals surface area contributed by atoms with Gasteiger partial charge >= 0.3 is 0 Å². The summed E-state index contributed by atoms with van der Waals surface area (Å²) in [7, 11) is 2.03. The van der Waals surface area contributed by atoms with E-state index in [9.17, 15) is 4.79 Å². The second-order valence-corrected chi connectivity index (χ2v) is 6.67. The Kier molecular flexibility index (Phi) is 4.28. The average Bonchev–Trinajstić information content (AvgIpc) is 3.06. The minimum Gasteiger partial charge on any atom is -0.442 e. The van der Waals surface area contributed by atoms with Crippen molar-refractivity contribution in [3.63, 3.8) is 0 Å². The van der Waals surface area contributed by atoms with Gasteiger partial charge in [-0.25, -0.2) is 4.98 Å². The molecule has 1 aliphatic carbocycles. The highest BCUT2D eigenvalue weighted by atomic mass is 16.3. The van der Waals surface area contributed by atoms with Crippen molar-refractivity contribution in [3.05, 3.63) is 42.8 Å². The largest absolute Gasteiger partial charge is 0.442 e. The van der Waals surface area contributed by atoms with Crippen LogP contribution in [0.4, 0.5) is 0 Å². The van der Waals surface area contributed by atoms with Crippen LogP contribution in [0, 0.1) is 0 Å². The number of hydrogen-bond donors (Lipinski definition) is 0. The summed E-state index contributed by atoms with van der Waals surface area (Å²) < 4.78 is 5.30. The Morgan fingerprint density at radius 3 is 2.76 bits per heavy atom. The second kappa shape index (κ2) is 6.72. The molecule has 3 aromatic rings. The minimum atomic E-state index is 0.200. The number of ketones is 1. The molecule has 25 heavy (non-hydrogen) atoms. The lowest BCUT2D eigenvalue weighted by Crippen LogP contribution is -2.40. The fourth-order valence-electron chi connectivity index (χ4n) is 3.15. The zero-order chi connectivity index (χ0) is 17.2. The monoisotopic (exact) mass is 336 g/mol. The average molecular weight is 336 g/mol. The molecule has 0 amide bonds. The summed E-state index contributed by atoms with van der Waals surface area (Å²) in [6.45, 7) is 0.490. The molecule has 1 aliphatic rings.